The predicted octanol–water partition coefficient (Wildman–Crippen LogP) is 0.567. The highest BCUT2D eigenvalue weighted by Crippen LogP contribution is 2.18. The van der Waals surface area contributed by atoms with E-state index in [0.29, 0.717) is 0 Å². The number of benzene rings is 1. The summed E-state index contributed by atoms with van der Waals surface area (Å²) < 4.78 is 35.3. The van der Waals surface area contributed by atoms with Gasteiger partial charge in [-0.1, -0.05) is 0 Å². The first kappa shape index (κ1) is 13.4. The number of rotatable bonds is 2. The third-order valence-electron chi connectivity index (χ3n) is 1.92. The lowest BCUT2D eigenvalue weighted by molar-refractivity contribution is 0.230. The molecular weight excluding hydrogens is 249 g/mol. The third kappa shape index (κ3) is 3.40. The molecule has 1 aromatic rings. The summed E-state index contributed by atoms with van der Waals surface area (Å²) in [6.45, 7) is 0. The van der Waals surface area contributed by atoms with Crippen LogP contribution in [-0.2, 0) is 10.0 Å². The summed E-state index contributed by atoms with van der Waals surface area (Å²) in [5, 5.41) is 7.10. The average molecular weight is 261 g/mol. The fraction of sp³-hybridized carbons (Fsp3) is 0.222. The number of amides is 2. The molecule has 17 heavy (non-hydrogen) atoms. The number of primary sulfonamides is 1. The molecule has 1 aromatic carbocycles. The topological polar surface area (TPSA) is 92.5 Å². The van der Waals surface area contributed by atoms with Crippen molar-refractivity contribution >= 4 is 21.7 Å². The van der Waals surface area contributed by atoms with Gasteiger partial charge in [-0.3, -0.25) is 0 Å². The first-order valence-electron chi connectivity index (χ1n) is 4.52. The fourth-order valence-corrected chi connectivity index (χ4v) is 1.53. The summed E-state index contributed by atoms with van der Waals surface area (Å²) in [4.78, 5) is 12.1. The van der Waals surface area contributed by atoms with Gasteiger partial charge in [-0.2, -0.15) is 0 Å². The minimum absolute atomic E-state index is 0.115. The number of nitrogens with two attached hydrogens (primary N) is 1. The highest BCUT2D eigenvalue weighted by atomic mass is 32.2. The summed E-state index contributed by atoms with van der Waals surface area (Å²) in [6, 6.07) is 2.48. The van der Waals surface area contributed by atoms with E-state index in [2.05, 4.69) is 5.32 Å². The lowest BCUT2D eigenvalue weighted by Gasteiger charge is -2.12. The third-order valence-corrected chi connectivity index (χ3v) is 2.83. The zero-order valence-corrected chi connectivity index (χ0v) is 10.1. The minimum atomic E-state index is -3.95. The highest BCUT2D eigenvalue weighted by molar-refractivity contribution is 7.89. The average Bonchev–Trinajstić information content (AvgIpc) is 2.19. The van der Waals surface area contributed by atoms with Gasteiger partial charge in [-0.15, -0.1) is 0 Å². The normalized spacial score (nSPS) is 11.1. The predicted molar refractivity (Wildman–Crippen MR) is 60.5 cm³/mol. The maximum atomic E-state index is 13.5. The Morgan fingerprint density at radius 1 is 1.41 bits per heavy atom. The molecule has 0 atom stereocenters. The number of sulfonamides is 1. The molecule has 0 radical (unpaired) electrons. The van der Waals surface area contributed by atoms with E-state index in [0.717, 1.165) is 18.2 Å². The van der Waals surface area contributed by atoms with Gasteiger partial charge in [-0.05, 0) is 18.2 Å². The van der Waals surface area contributed by atoms with Crippen LogP contribution in [0.4, 0.5) is 14.9 Å². The lowest BCUT2D eigenvalue weighted by Crippen LogP contribution is -2.27. The molecule has 0 aromatic heterocycles. The largest absolute Gasteiger partial charge is 0.331 e. The van der Waals surface area contributed by atoms with Gasteiger partial charge in [0, 0.05) is 14.1 Å². The van der Waals surface area contributed by atoms with E-state index in [4.69, 9.17) is 5.14 Å². The molecule has 1 rings (SSSR count). The molecule has 0 fully saturated rings. The Morgan fingerprint density at radius 2 is 2.00 bits per heavy atom. The van der Waals surface area contributed by atoms with Gasteiger partial charge in [-0.25, -0.2) is 22.7 Å². The Morgan fingerprint density at radius 3 is 2.41 bits per heavy atom. The van der Waals surface area contributed by atoms with Crippen molar-refractivity contribution in [3.8, 4) is 0 Å². The SMILES string of the molecule is CN(C)C(=O)Nc1ccc(S(N)(=O)=O)cc1F. The van der Waals surface area contributed by atoms with Crippen LogP contribution < -0.4 is 10.5 Å². The summed E-state index contributed by atoms with van der Waals surface area (Å²) in [5.41, 5.74) is -0.115. The summed E-state index contributed by atoms with van der Waals surface area (Å²) in [7, 11) is -0.966. The molecule has 2 amide bonds. The molecule has 0 aliphatic heterocycles. The summed E-state index contributed by atoms with van der Waals surface area (Å²) >= 11 is 0. The Balaban J connectivity index is 3.03. The molecule has 0 aliphatic carbocycles. The van der Waals surface area contributed by atoms with Crippen LogP contribution in [0.1, 0.15) is 0 Å². The molecule has 0 heterocycles. The van der Waals surface area contributed by atoms with E-state index in [9.17, 15) is 17.6 Å². The first-order chi connectivity index (χ1) is 7.71. The lowest BCUT2D eigenvalue weighted by atomic mass is 10.3. The Hall–Kier alpha value is -1.67. The number of carbonyl (C=O) groups excluding carboxylic acids is 1. The monoisotopic (exact) mass is 261 g/mol. The van der Waals surface area contributed by atoms with Gasteiger partial charge in [0.1, 0.15) is 5.82 Å². The van der Waals surface area contributed by atoms with Crippen LogP contribution in [0.15, 0.2) is 23.1 Å². The second kappa shape index (κ2) is 4.68. The van der Waals surface area contributed by atoms with E-state index in [1.165, 1.54) is 19.0 Å². The van der Waals surface area contributed by atoms with Gasteiger partial charge in [0.15, 0.2) is 0 Å². The molecule has 0 bridgehead atoms. The number of nitrogens with zero attached hydrogens (tertiary/aromatic N) is 1. The van der Waals surface area contributed by atoms with E-state index < -0.39 is 21.9 Å². The Kier molecular flexibility index (Phi) is 3.69. The highest BCUT2D eigenvalue weighted by Gasteiger charge is 2.13. The standard InChI is InChI=1S/C9H12FN3O3S/c1-13(2)9(14)12-8-4-3-6(5-7(8)10)17(11,15)16/h3-5H,1-2H3,(H,12,14)(H2,11,15,16). The molecule has 94 valence electrons. The molecule has 8 heteroatoms. The molecule has 0 unspecified atom stereocenters. The van der Waals surface area contributed by atoms with Crippen LogP contribution in [0.3, 0.4) is 0 Å². The molecular formula is C9H12FN3O3S. The van der Waals surface area contributed by atoms with Crippen LogP contribution in [0, 0.1) is 5.82 Å². The van der Waals surface area contributed by atoms with E-state index >= 15 is 0 Å². The number of nitrogens with one attached hydrogen (secondary N) is 1. The summed E-state index contributed by atoms with van der Waals surface area (Å²) in [6.07, 6.45) is 0. The van der Waals surface area contributed by atoms with Gasteiger partial charge >= 0.3 is 6.03 Å². The van der Waals surface area contributed by atoms with E-state index in [1.807, 2.05) is 0 Å². The molecule has 0 saturated heterocycles. The van der Waals surface area contributed by atoms with Crippen LogP contribution >= 0.6 is 0 Å². The Labute approximate surface area is 98.3 Å². The van der Waals surface area contributed by atoms with Crippen LogP contribution in [-0.4, -0.2) is 33.4 Å². The van der Waals surface area contributed by atoms with Crippen LogP contribution in [0.5, 0.6) is 0 Å². The van der Waals surface area contributed by atoms with Gasteiger partial charge in [0.25, 0.3) is 0 Å². The van der Waals surface area contributed by atoms with Crippen molar-refractivity contribution in [2.75, 3.05) is 19.4 Å². The molecule has 0 saturated carbocycles. The molecule has 6 nitrogen and oxygen atoms in total. The number of carbonyl (C=O) groups is 1. The van der Waals surface area contributed by atoms with Crippen molar-refractivity contribution in [3.63, 3.8) is 0 Å². The van der Waals surface area contributed by atoms with Crippen molar-refractivity contribution in [1.82, 2.24) is 4.90 Å². The van der Waals surface area contributed by atoms with Gasteiger partial charge in [0.2, 0.25) is 10.0 Å². The zero-order chi connectivity index (χ0) is 13.2. The first-order valence-corrected chi connectivity index (χ1v) is 6.07. The maximum Gasteiger partial charge on any atom is 0.321 e. The van der Waals surface area contributed by atoms with Crippen molar-refractivity contribution in [2.24, 2.45) is 5.14 Å². The fourth-order valence-electron chi connectivity index (χ4n) is 1.00. The second-order valence-electron chi connectivity index (χ2n) is 3.51. The van der Waals surface area contributed by atoms with Crippen LogP contribution in [0.25, 0.3) is 0 Å². The molecule has 0 aliphatic rings. The number of hydrogen-bond acceptors (Lipinski definition) is 3. The maximum absolute atomic E-state index is 13.5. The second-order valence-corrected chi connectivity index (χ2v) is 5.07. The number of anilines is 1. The van der Waals surface area contributed by atoms with Crippen molar-refractivity contribution < 1.29 is 17.6 Å². The quantitative estimate of drug-likeness (QED) is 0.815. The smallest absolute Gasteiger partial charge is 0.321 e. The molecule has 0 spiro atoms. The van der Waals surface area contributed by atoms with E-state index in [-0.39, 0.29) is 10.6 Å². The number of halogens is 1. The Bertz CT molecular complexity index is 542. The minimum Gasteiger partial charge on any atom is -0.331 e. The van der Waals surface area contributed by atoms with Gasteiger partial charge < -0.3 is 10.2 Å². The van der Waals surface area contributed by atoms with Crippen LogP contribution in [0.2, 0.25) is 0 Å². The van der Waals surface area contributed by atoms with Crippen molar-refractivity contribution in [1.29, 1.82) is 0 Å². The zero-order valence-electron chi connectivity index (χ0n) is 9.27. The number of hydrogen-bond donors (Lipinski definition) is 2. The van der Waals surface area contributed by atoms with Crippen molar-refractivity contribution in [2.45, 2.75) is 4.90 Å². The molecule has 3 N–H and O–H groups in total. The number of urea groups is 1. The van der Waals surface area contributed by atoms with Crippen molar-refractivity contribution in [3.05, 3.63) is 24.0 Å². The van der Waals surface area contributed by atoms with Gasteiger partial charge in [0.05, 0.1) is 10.6 Å². The van der Waals surface area contributed by atoms with E-state index in [1.54, 1.807) is 0 Å². The summed E-state index contributed by atoms with van der Waals surface area (Å²) in [5.74, 6) is -0.869.